The number of nitrogens with zero attached hydrogens (tertiary/aromatic N) is 5. The van der Waals surface area contributed by atoms with Gasteiger partial charge in [-0.15, -0.1) is 5.10 Å². The van der Waals surface area contributed by atoms with Crippen LogP contribution in [0.3, 0.4) is 0 Å². The molecule has 0 radical (unpaired) electrons. The number of hydrogen-bond donors (Lipinski definition) is 1. The van der Waals surface area contributed by atoms with Crippen LogP contribution in [0.2, 0.25) is 0 Å². The number of hydrogen-bond acceptors (Lipinski definition) is 6. The first-order valence-electron chi connectivity index (χ1n) is 4.81. The van der Waals surface area contributed by atoms with Gasteiger partial charge in [0.2, 0.25) is 0 Å². The van der Waals surface area contributed by atoms with Crippen molar-refractivity contribution in [1.82, 2.24) is 20.0 Å². The minimum Gasteiger partial charge on any atom is -0.373 e. The third kappa shape index (κ3) is 2.05. The molecule has 88 valence electrons. The lowest BCUT2D eigenvalue weighted by Crippen LogP contribution is -2.00. The van der Waals surface area contributed by atoms with Gasteiger partial charge in [-0.25, -0.2) is 9.67 Å². The van der Waals surface area contributed by atoms with E-state index in [1.54, 1.807) is 14.1 Å². The third-order valence-corrected chi connectivity index (χ3v) is 2.25. The van der Waals surface area contributed by atoms with Crippen molar-refractivity contribution in [3.05, 3.63) is 28.4 Å². The van der Waals surface area contributed by atoms with Crippen molar-refractivity contribution < 1.29 is 4.92 Å². The average molecular weight is 234 g/mol. The van der Waals surface area contributed by atoms with Gasteiger partial charge in [0.15, 0.2) is 0 Å². The van der Waals surface area contributed by atoms with Crippen molar-refractivity contribution in [2.45, 2.75) is 0 Å². The Labute approximate surface area is 96.4 Å². The van der Waals surface area contributed by atoms with E-state index in [1.165, 1.54) is 23.0 Å². The van der Waals surface area contributed by atoms with E-state index in [2.05, 4.69) is 20.6 Å². The second-order valence-electron chi connectivity index (χ2n) is 3.35. The summed E-state index contributed by atoms with van der Waals surface area (Å²) in [6.45, 7) is 0. The number of aryl methyl sites for hydroxylation is 1. The van der Waals surface area contributed by atoms with Crippen molar-refractivity contribution in [1.29, 1.82) is 0 Å². The topological polar surface area (TPSA) is 98.8 Å². The Morgan fingerprint density at radius 1 is 1.47 bits per heavy atom. The lowest BCUT2D eigenvalue weighted by molar-refractivity contribution is -0.384. The minimum absolute atomic E-state index is 0.0273. The van der Waals surface area contributed by atoms with Crippen LogP contribution in [-0.2, 0) is 7.05 Å². The van der Waals surface area contributed by atoms with Crippen LogP contribution in [0.4, 0.5) is 11.5 Å². The Morgan fingerprint density at radius 3 is 2.76 bits per heavy atom. The Balaban J connectivity index is 2.58. The summed E-state index contributed by atoms with van der Waals surface area (Å²) >= 11 is 0. The number of anilines is 1. The van der Waals surface area contributed by atoms with Crippen molar-refractivity contribution in [2.24, 2.45) is 7.05 Å². The molecule has 0 aliphatic heterocycles. The predicted molar refractivity (Wildman–Crippen MR) is 60.4 cm³/mol. The molecule has 0 saturated heterocycles. The Bertz CT molecular complexity index is 564. The van der Waals surface area contributed by atoms with Crippen molar-refractivity contribution in [3.8, 4) is 11.4 Å². The molecule has 0 fully saturated rings. The molecular weight excluding hydrogens is 224 g/mol. The van der Waals surface area contributed by atoms with Crippen LogP contribution in [0.15, 0.2) is 18.3 Å². The van der Waals surface area contributed by atoms with Gasteiger partial charge in [0.05, 0.1) is 22.9 Å². The quantitative estimate of drug-likeness (QED) is 0.623. The van der Waals surface area contributed by atoms with Gasteiger partial charge < -0.3 is 5.32 Å². The van der Waals surface area contributed by atoms with Gasteiger partial charge >= 0.3 is 0 Å². The summed E-state index contributed by atoms with van der Waals surface area (Å²) in [5.74, 6) is 0.426. The first-order chi connectivity index (χ1) is 8.11. The highest BCUT2D eigenvalue weighted by Crippen LogP contribution is 2.23. The van der Waals surface area contributed by atoms with Gasteiger partial charge in [-0.1, -0.05) is 5.21 Å². The first kappa shape index (κ1) is 11.0. The van der Waals surface area contributed by atoms with Crippen LogP contribution < -0.4 is 5.32 Å². The van der Waals surface area contributed by atoms with E-state index >= 15 is 0 Å². The standard InChI is InChI=1S/C9H10N6O2/c1-10-9-4-6(15(16)17)3-7(12-9)8-5-11-13-14(8)2/h3-5H,1-2H3,(H,10,12). The SMILES string of the molecule is CNc1cc([N+](=O)[O-])cc(-c2cnnn2C)n1. The van der Waals surface area contributed by atoms with Crippen molar-refractivity contribution >= 4 is 11.5 Å². The molecule has 0 atom stereocenters. The van der Waals surface area contributed by atoms with E-state index in [0.717, 1.165) is 0 Å². The summed E-state index contributed by atoms with van der Waals surface area (Å²) in [7, 11) is 3.35. The van der Waals surface area contributed by atoms with Crippen LogP contribution in [0.1, 0.15) is 0 Å². The average Bonchev–Trinajstić information content (AvgIpc) is 2.74. The molecule has 8 nitrogen and oxygen atoms in total. The van der Waals surface area contributed by atoms with E-state index in [0.29, 0.717) is 17.2 Å². The smallest absolute Gasteiger partial charge is 0.275 e. The van der Waals surface area contributed by atoms with Crippen molar-refractivity contribution in [3.63, 3.8) is 0 Å². The predicted octanol–water partition coefficient (Wildman–Crippen LogP) is 0.827. The zero-order valence-corrected chi connectivity index (χ0v) is 9.28. The zero-order valence-electron chi connectivity index (χ0n) is 9.28. The molecule has 0 aromatic carbocycles. The molecule has 0 bridgehead atoms. The highest BCUT2D eigenvalue weighted by atomic mass is 16.6. The maximum Gasteiger partial charge on any atom is 0.275 e. The molecule has 0 saturated carbocycles. The largest absolute Gasteiger partial charge is 0.373 e. The number of nitro groups is 1. The number of aromatic nitrogens is 4. The molecule has 0 amide bonds. The molecule has 1 N–H and O–H groups in total. The highest BCUT2D eigenvalue weighted by Gasteiger charge is 2.14. The van der Waals surface area contributed by atoms with E-state index in [9.17, 15) is 10.1 Å². The van der Waals surface area contributed by atoms with Gasteiger partial charge in [0.25, 0.3) is 5.69 Å². The second kappa shape index (κ2) is 4.16. The maximum absolute atomic E-state index is 10.8. The molecule has 0 aliphatic carbocycles. The Morgan fingerprint density at radius 2 is 2.24 bits per heavy atom. The fourth-order valence-electron chi connectivity index (χ4n) is 1.40. The lowest BCUT2D eigenvalue weighted by Gasteiger charge is -2.04. The minimum atomic E-state index is -0.462. The van der Waals surface area contributed by atoms with E-state index in [4.69, 9.17) is 0 Å². The number of pyridine rings is 1. The number of nitrogens with one attached hydrogen (secondary N) is 1. The summed E-state index contributed by atoms with van der Waals surface area (Å²) in [6, 6.07) is 2.76. The summed E-state index contributed by atoms with van der Waals surface area (Å²) < 4.78 is 1.51. The summed E-state index contributed by atoms with van der Waals surface area (Å²) in [4.78, 5) is 14.5. The molecule has 8 heteroatoms. The maximum atomic E-state index is 10.8. The Kier molecular flexibility index (Phi) is 2.69. The third-order valence-electron chi connectivity index (χ3n) is 2.25. The van der Waals surface area contributed by atoms with Crippen LogP contribution in [0, 0.1) is 10.1 Å². The molecule has 17 heavy (non-hydrogen) atoms. The summed E-state index contributed by atoms with van der Waals surface area (Å²) in [5.41, 5.74) is 1.04. The van der Waals surface area contributed by atoms with E-state index in [1.807, 2.05) is 0 Å². The number of rotatable bonds is 3. The normalized spacial score (nSPS) is 10.2. The van der Waals surface area contributed by atoms with Gasteiger partial charge in [-0.3, -0.25) is 10.1 Å². The molecule has 2 aromatic heterocycles. The molecule has 0 aliphatic rings. The van der Waals surface area contributed by atoms with E-state index in [-0.39, 0.29) is 5.69 Å². The van der Waals surface area contributed by atoms with E-state index < -0.39 is 4.92 Å². The molecule has 2 rings (SSSR count). The molecule has 0 unspecified atom stereocenters. The fourth-order valence-corrected chi connectivity index (χ4v) is 1.40. The molecule has 2 heterocycles. The van der Waals surface area contributed by atoms with Gasteiger partial charge in [0.1, 0.15) is 11.5 Å². The van der Waals surface area contributed by atoms with Gasteiger partial charge in [0, 0.05) is 20.2 Å². The van der Waals surface area contributed by atoms with Crippen LogP contribution >= 0.6 is 0 Å². The zero-order chi connectivity index (χ0) is 12.4. The first-order valence-corrected chi connectivity index (χ1v) is 4.81. The highest BCUT2D eigenvalue weighted by molar-refractivity contribution is 5.61. The van der Waals surface area contributed by atoms with Gasteiger partial charge in [-0.05, 0) is 0 Å². The molecule has 2 aromatic rings. The van der Waals surface area contributed by atoms with Crippen molar-refractivity contribution in [2.75, 3.05) is 12.4 Å². The monoisotopic (exact) mass is 234 g/mol. The second-order valence-corrected chi connectivity index (χ2v) is 3.35. The van der Waals surface area contributed by atoms with Gasteiger partial charge in [-0.2, -0.15) is 0 Å². The van der Waals surface area contributed by atoms with Crippen LogP contribution in [0.5, 0.6) is 0 Å². The molecular formula is C9H10N6O2. The lowest BCUT2D eigenvalue weighted by atomic mass is 10.2. The Hall–Kier alpha value is -2.51. The summed E-state index contributed by atoms with van der Waals surface area (Å²) in [5, 5.41) is 21.0. The van der Waals surface area contributed by atoms with Crippen LogP contribution in [-0.4, -0.2) is 31.9 Å². The summed E-state index contributed by atoms with van der Waals surface area (Å²) in [6.07, 6.45) is 1.51. The molecule has 0 spiro atoms. The van der Waals surface area contributed by atoms with Crippen LogP contribution in [0.25, 0.3) is 11.4 Å². The fraction of sp³-hybridized carbons (Fsp3) is 0.222.